The maximum Gasteiger partial charge on any atom is 0.162 e. The van der Waals surface area contributed by atoms with Crippen LogP contribution in [-0.4, -0.2) is 19.9 Å². The molecule has 3 heterocycles. The summed E-state index contributed by atoms with van der Waals surface area (Å²) >= 11 is 0. The Kier molecular flexibility index (Phi) is 2.26. The monoisotopic (exact) mass is 264 g/mol. The molecule has 1 aromatic carbocycles. The number of nitrogens with one attached hydrogen (secondary N) is 1. The van der Waals surface area contributed by atoms with Crippen LogP contribution in [0.2, 0.25) is 0 Å². The maximum absolute atomic E-state index is 13.8. The first-order chi connectivity index (χ1) is 9.83. The van der Waals surface area contributed by atoms with Gasteiger partial charge in [0, 0.05) is 17.8 Å². The number of hydrogen-bond donors (Lipinski definition) is 1. The summed E-state index contributed by atoms with van der Waals surface area (Å²) in [5.74, 6) is 0.0465. The number of nitrogens with zero attached hydrogens (tertiary/aromatic N) is 3. The molecule has 0 saturated heterocycles. The number of benzene rings is 1. The number of aromatic nitrogens is 4. The first-order valence-electron chi connectivity index (χ1n) is 6.16. The molecule has 4 aromatic rings. The van der Waals surface area contributed by atoms with Crippen LogP contribution < -0.4 is 0 Å². The number of aromatic amines is 1. The lowest BCUT2D eigenvalue weighted by Crippen LogP contribution is -1.91. The van der Waals surface area contributed by atoms with Gasteiger partial charge in [0.1, 0.15) is 11.3 Å². The Hall–Kier alpha value is -2.82. The third-order valence-corrected chi connectivity index (χ3v) is 3.25. The van der Waals surface area contributed by atoms with E-state index in [1.807, 2.05) is 6.07 Å². The van der Waals surface area contributed by atoms with Crippen molar-refractivity contribution in [2.24, 2.45) is 0 Å². The molecule has 4 nitrogen and oxygen atoms in total. The summed E-state index contributed by atoms with van der Waals surface area (Å²) in [6, 6.07) is 8.36. The number of pyridine rings is 1. The zero-order chi connectivity index (χ0) is 13.5. The van der Waals surface area contributed by atoms with Crippen LogP contribution in [0.15, 0.2) is 48.9 Å². The van der Waals surface area contributed by atoms with Gasteiger partial charge >= 0.3 is 0 Å². The van der Waals surface area contributed by atoms with Gasteiger partial charge in [-0.05, 0) is 18.2 Å². The van der Waals surface area contributed by atoms with Gasteiger partial charge in [0.05, 0.1) is 22.8 Å². The summed E-state index contributed by atoms with van der Waals surface area (Å²) in [4.78, 5) is 16.0. The summed E-state index contributed by atoms with van der Waals surface area (Å²) in [5.41, 5.74) is 2.90. The Morgan fingerprint density at radius 2 is 1.90 bits per heavy atom. The van der Waals surface area contributed by atoms with Crippen LogP contribution >= 0.6 is 0 Å². The summed E-state index contributed by atoms with van der Waals surface area (Å²) < 4.78 is 13.8. The zero-order valence-corrected chi connectivity index (χ0v) is 10.3. The second-order valence-corrected chi connectivity index (χ2v) is 4.48. The normalized spacial score (nSPS) is 11.2. The molecule has 0 unspecified atom stereocenters. The molecule has 0 atom stereocenters. The zero-order valence-electron chi connectivity index (χ0n) is 10.3. The number of rotatable bonds is 1. The standard InChI is InChI=1S/C15H9FN4/c16-11-4-2-1-3-9(11)15-18-8-13-14(20-15)10-7-17-6-5-12(10)19-13/h1-8,19H. The van der Waals surface area contributed by atoms with Crippen LogP contribution in [0.4, 0.5) is 4.39 Å². The molecule has 4 rings (SSSR count). The molecule has 0 saturated carbocycles. The molecule has 0 spiro atoms. The lowest BCUT2D eigenvalue weighted by molar-refractivity contribution is 0.630. The van der Waals surface area contributed by atoms with E-state index in [1.54, 1.807) is 36.8 Å². The minimum absolute atomic E-state index is 0.329. The summed E-state index contributed by atoms with van der Waals surface area (Å²) in [7, 11) is 0. The molecule has 0 aliphatic carbocycles. The van der Waals surface area contributed by atoms with Gasteiger partial charge in [0.25, 0.3) is 0 Å². The molecule has 1 N–H and O–H groups in total. The molecule has 0 bridgehead atoms. The highest BCUT2D eigenvalue weighted by Gasteiger charge is 2.11. The van der Waals surface area contributed by atoms with Crippen molar-refractivity contribution < 1.29 is 4.39 Å². The van der Waals surface area contributed by atoms with Crippen molar-refractivity contribution in [1.82, 2.24) is 19.9 Å². The highest BCUT2D eigenvalue weighted by Crippen LogP contribution is 2.25. The molecular weight excluding hydrogens is 255 g/mol. The Bertz CT molecular complexity index is 929. The Labute approximate surface area is 113 Å². The van der Waals surface area contributed by atoms with Crippen molar-refractivity contribution >= 4 is 21.9 Å². The van der Waals surface area contributed by atoms with Crippen LogP contribution in [0.1, 0.15) is 0 Å². The van der Waals surface area contributed by atoms with E-state index in [1.165, 1.54) is 6.07 Å². The minimum Gasteiger partial charge on any atom is -0.352 e. The topological polar surface area (TPSA) is 54.5 Å². The van der Waals surface area contributed by atoms with Crippen LogP contribution in [0.3, 0.4) is 0 Å². The van der Waals surface area contributed by atoms with Crippen molar-refractivity contribution in [3.63, 3.8) is 0 Å². The van der Waals surface area contributed by atoms with E-state index in [0.29, 0.717) is 11.4 Å². The van der Waals surface area contributed by atoms with Gasteiger partial charge in [-0.3, -0.25) is 4.98 Å². The van der Waals surface area contributed by atoms with Crippen LogP contribution in [0.5, 0.6) is 0 Å². The van der Waals surface area contributed by atoms with Gasteiger partial charge in [-0.1, -0.05) is 12.1 Å². The fraction of sp³-hybridized carbons (Fsp3) is 0. The molecular formula is C15H9FN4. The Balaban J connectivity index is 2.03. The van der Waals surface area contributed by atoms with Gasteiger partial charge in [-0.2, -0.15) is 0 Å². The molecule has 0 aliphatic rings. The van der Waals surface area contributed by atoms with Gasteiger partial charge in [-0.15, -0.1) is 0 Å². The number of H-pyrrole nitrogens is 1. The fourth-order valence-corrected chi connectivity index (χ4v) is 2.29. The number of hydrogen-bond acceptors (Lipinski definition) is 3. The third-order valence-electron chi connectivity index (χ3n) is 3.25. The van der Waals surface area contributed by atoms with E-state index < -0.39 is 0 Å². The van der Waals surface area contributed by atoms with Crippen molar-refractivity contribution in [3.05, 3.63) is 54.7 Å². The highest BCUT2D eigenvalue weighted by atomic mass is 19.1. The lowest BCUT2D eigenvalue weighted by atomic mass is 10.2. The predicted octanol–water partition coefficient (Wildman–Crippen LogP) is 3.31. The number of halogens is 1. The molecule has 0 radical (unpaired) electrons. The highest BCUT2D eigenvalue weighted by molar-refractivity contribution is 6.04. The van der Waals surface area contributed by atoms with E-state index in [2.05, 4.69) is 19.9 Å². The Morgan fingerprint density at radius 3 is 2.80 bits per heavy atom. The second kappa shape index (κ2) is 4.09. The van der Waals surface area contributed by atoms with E-state index >= 15 is 0 Å². The average molecular weight is 264 g/mol. The minimum atomic E-state index is -0.329. The van der Waals surface area contributed by atoms with Gasteiger partial charge < -0.3 is 4.98 Å². The quantitative estimate of drug-likeness (QED) is 0.574. The molecule has 0 fully saturated rings. The maximum atomic E-state index is 13.8. The van der Waals surface area contributed by atoms with Crippen LogP contribution in [0, 0.1) is 5.82 Å². The van der Waals surface area contributed by atoms with Gasteiger partial charge in [0.15, 0.2) is 5.82 Å². The summed E-state index contributed by atoms with van der Waals surface area (Å²) in [5, 5.41) is 0.905. The Morgan fingerprint density at radius 1 is 1.00 bits per heavy atom. The summed E-state index contributed by atoms with van der Waals surface area (Å²) in [6.45, 7) is 0. The molecule has 20 heavy (non-hydrogen) atoms. The van der Waals surface area contributed by atoms with E-state index in [-0.39, 0.29) is 5.82 Å². The van der Waals surface area contributed by atoms with Crippen molar-refractivity contribution in [2.75, 3.05) is 0 Å². The average Bonchev–Trinajstić information content (AvgIpc) is 2.85. The largest absolute Gasteiger partial charge is 0.352 e. The predicted molar refractivity (Wildman–Crippen MR) is 74.6 cm³/mol. The van der Waals surface area contributed by atoms with E-state index in [0.717, 1.165) is 21.9 Å². The van der Waals surface area contributed by atoms with Crippen LogP contribution in [0.25, 0.3) is 33.3 Å². The second-order valence-electron chi connectivity index (χ2n) is 4.48. The molecule has 5 heteroatoms. The van der Waals surface area contributed by atoms with E-state index in [4.69, 9.17) is 0 Å². The van der Waals surface area contributed by atoms with Gasteiger partial charge in [-0.25, -0.2) is 14.4 Å². The SMILES string of the molecule is Fc1ccccc1-c1ncc2[nH]c3ccncc3c2n1. The van der Waals surface area contributed by atoms with Crippen LogP contribution in [-0.2, 0) is 0 Å². The smallest absolute Gasteiger partial charge is 0.162 e. The van der Waals surface area contributed by atoms with E-state index in [9.17, 15) is 4.39 Å². The van der Waals surface area contributed by atoms with Gasteiger partial charge in [0.2, 0.25) is 0 Å². The first kappa shape index (κ1) is 11.0. The number of fused-ring (bicyclic) bond motifs is 3. The van der Waals surface area contributed by atoms with Crippen molar-refractivity contribution in [3.8, 4) is 11.4 Å². The third kappa shape index (κ3) is 1.56. The molecule has 96 valence electrons. The molecule has 0 amide bonds. The fourth-order valence-electron chi connectivity index (χ4n) is 2.29. The first-order valence-corrected chi connectivity index (χ1v) is 6.16. The molecule has 3 aromatic heterocycles. The van der Waals surface area contributed by atoms with Crippen molar-refractivity contribution in [1.29, 1.82) is 0 Å². The summed E-state index contributed by atoms with van der Waals surface area (Å²) in [6.07, 6.45) is 5.12. The lowest BCUT2D eigenvalue weighted by Gasteiger charge is -2.01. The van der Waals surface area contributed by atoms with Crippen molar-refractivity contribution in [2.45, 2.75) is 0 Å². The molecule has 0 aliphatic heterocycles.